The number of ether oxygens (including phenoxy) is 2. The van der Waals surface area contributed by atoms with Crippen molar-refractivity contribution in [2.75, 3.05) is 13.2 Å². The molecule has 0 aliphatic carbocycles. The summed E-state index contributed by atoms with van der Waals surface area (Å²) in [5, 5.41) is 39.7. The summed E-state index contributed by atoms with van der Waals surface area (Å²) >= 11 is 0. The number of hydrogen-bond donors (Lipinski definition) is 5. The molecule has 1 heterocycles. The largest absolute Gasteiger partial charge is 0.409 e. The van der Waals surface area contributed by atoms with E-state index in [1.165, 1.54) is 64.2 Å². The molecule has 7 atom stereocenters. The number of aliphatic hydroxyl groups excluding tert-OH is 4. The van der Waals surface area contributed by atoms with Crippen LogP contribution in [0, 0.1) is 0 Å². The molecule has 0 spiro atoms. The lowest BCUT2D eigenvalue weighted by molar-refractivity contribution is -0.302. The maximum Gasteiger partial charge on any atom is 0.192 e. The van der Waals surface area contributed by atoms with Gasteiger partial charge < -0.3 is 40.1 Å². The minimum Gasteiger partial charge on any atom is -0.409 e. The molecule has 0 radical (unpaired) electrons. The Morgan fingerprint density at radius 2 is 1.41 bits per heavy atom. The van der Waals surface area contributed by atoms with Gasteiger partial charge in [-0.05, 0) is 31.0 Å². The molecule has 1 aliphatic rings. The Hall–Kier alpha value is -0.363. The fraction of sp³-hybridized carbons (Fsp3) is 0.933. The van der Waals surface area contributed by atoms with E-state index in [2.05, 4.69) is 46.9 Å². The Kier molecular flexibility index (Phi) is 17.8. The first kappa shape index (κ1) is 36.7. The summed E-state index contributed by atoms with van der Waals surface area (Å²) in [7, 11) is -2.13. The topological polar surface area (TPSA) is 135 Å². The maximum absolute atomic E-state index is 10.3. The Morgan fingerprint density at radius 3 is 1.92 bits per heavy atom. The lowest BCUT2D eigenvalue weighted by atomic mass is 9.99. The van der Waals surface area contributed by atoms with E-state index in [0.717, 1.165) is 12.8 Å². The first-order valence-corrected chi connectivity index (χ1v) is 18.3. The summed E-state index contributed by atoms with van der Waals surface area (Å²) in [5.41, 5.74) is 6.53. The summed E-state index contributed by atoms with van der Waals surface area (Å²) in [5.74, 6) is 0. The smallest absolute Gasteiger partial charge is 0.192 e. The average molecular weight is 576 g/mol. The van der Waals surface area contributed by atoms with Gasteiger partial charge in [-0.1, -0.05) is 104 Å². The molecule has 6 N–H and O–H groups in total. The highest BCUT2D eigenvalue weighted by Crippen LogP contribution is 2.37. The van der Waals surface area contributed by atoms with Crippen LogP contribution in [0.15, 0.2) is 12.2 Å². The molecule has 1 aliphatic heterocycles. The molecule has 0 amide bonds. The average Bonchev–Trinajstić information content (AvgIpc) is 2.88. The molecular formula is C30H61NO7Si. The van der Waals surface area contributed by atoms with Gasteiger partial charge in [-0.3, -0.25) is 0 Å². The van der Waals surface area contributed by atoms with Crippen LogP contribution in [0.1, 0.15) is 105 Å². The van der Waals surface area contributed by atoms with Crippen LogP contribution in [-0.4, -0.2) is 84.8 Å². The molecule has 1 saturated heterocycles. The van der Waals surface area contributed by atoms with Crippen molar-refractivity contribution in [2.45, 2.75) is 166 Å². The molecule has 8 nitrogen and oxygen atoms in total. The summed E-state index contributed by atoms with van der Waals surface area (Å²) in [6.07, 6.45) is 12.7. The monoisotopic (exact) mass is 575 g/mol. The Labute approximate surface area is 239 Å². The standard InChI is InChI=1S/C30H61NO7Si/c1-7-8-9-10-11-12-13-14-15-16-17-18-19-20-24(38-39(5,6)30(2,3)4)23(31)22-36-29-28(35)27(34)26(33)25(21-32)37-29/h19-20,23-29,32-35H,7-18,21-22,31H2,1-6H3/b20-19+/t23-,24+,25?,26-,27?,28?,29+/m0/s1. The van der Waals surface area contributed by atoms with Crippen molar-refractivity contribution in [3.63, 3.8) is 0 Å². The predicted octanol–water partition coefficient (Wildman–Crippen LogP) is 4.78. The van der Waals surface area contributed by atoms with E-state index in [0.29, 0.717) is 0 Å². The molecule has 0 bridgehead atoms. The van der Waals surface area contributed by atoms with E-state index in [4.69, 9.17) is 19.6 Å². The van der Waals surface area contributed by atoms with Gasteiger partial charge in [-0.25, -0.2) is 0 Å². The minimum atomic E-state index is -2.13. The highest BCUT2D eigenvalue weighted by Gasteiger charge is 2.44. The Morgan fingerprint density at radius 1 is 0.872 bits per heavy atom. The first-order valence-electron chi connectivity index (χ1n) is 15.4. The third-order valence-electron chi connectivity index (χ3n) is 8.26. The van der Waals surface area contributed by atoms with E-state index in [-0.39, 0.29) is 17.7 Å². The molecule has 0 aromatic carbocycles. The van der Waals surface area contributed by atoms with Crippen LogP contribution in [0.2, 0.25) is 18.1 Å². The van der Waals surface area contributed by atoms with Crippen LogP contribution in [0.25, 0.3) is 0 Å². The molecule has 1 fully saturated rings. The second kappa shape index (κ2) is 18.9. The number of rotatable bonds is 20. The van der Waals surface area contributed by atoms with Crippen molar-refractivity contribution in [3.05, 3.63) is 12.2 Å². The van der Waals surface area contributed by atoms with Crippen LogP contribution in [-0.2, 0) is 13.9 Å². The van der Waals surface area contributed by atoms with Gasteiger partial charge in [0.15, 0.2) is 14.6 Å². The summed E-state index contributed by atoms with van der Waals surface area (Å²) in [6.45, 7) is 12.7. The van der Waals surface area contributed by atoms with Gasteiger partial charge in [0.05, 0.1) is 25.4 Å². The van der Waals surface area contributed by atoms with Crippen molar-refractivity contribution >= 4 is 8.32 Å². The van der Waals surface area contributed by atoms with Crippen molar-refractivity contribution in [1.82, 2.24) is 0 Å². The highest BCUT2D eigenvalue weighted by molar-refractivity contribution is 6.74. The second-order valence-corrected chi connectivity index (χ2v) is 17.5. The first-order chi connectivity index (χ1) is 18.4. The van der Waals surface area contributed by atoms with Crippen molar-refractivity contribution in [3.8, 4) is 0 Å². The molecule has 232 valence electrons. The fourth-order valence-electron chi connectivity index (χ4n) is 4.45. The van der Waals surface area contributed by atoms with Crippen LogP contribution in [0.4, 0.5) is 0 Å². The number of allylic oxidation sites excluding steroid dienone is 1. The Balaban J connectivity index is 2.56. The van der Waals surface area contributed by atoms with E-state index in [1.807, 2.05) is 6.08 Å². The predicted molar refractivity (Wildman–Crippen MR) is 160 cm³/mol. The zero-order valence-corrected chi connectivity index (χ0v) is 26.7. The SMILES string of the molecule is CCCCCCCCCCCCC/C=C/[C@@H](O[Si](C)(C)C(C)(C)C)[C@@H](N)CO[C@@H]1OC(CO)[C@H](O)C(O)C1O. The molecule has 1 rings (SSSR count). The summed E-state index contributed by atoms with van der Waals surface area (Å²) in [4.78, 5) is 0. The zero-order valence-electron chi connectivity index (χ0n) is 25.7. The number of aliphatic hydroxyl groups is 4. The van der Waals surface area contributed by atoms with E-state index < -0.39 is 51.7 Å². The minimum absolute atomic E-state index is 0.00688. The highest BCUT2D eigenvalue weighted by atomic mass is 28.4. The quantitative estimate of drug-likeness (QED) is 0.0796. The molecule has 0 aromatic rings. The molecule has 0 saturated carbocycles. The van der Waals surface area contributed by atoms with Gasteiger partial charge in [0.1, 0.15) is 24.4 Å². The van der Waals surface area contributed by atoms with Gasteiger partial charge in [0, 0.05) is 0 Å². The third kappa shape index (κ3) is 13.4. The third-order valence-corrected chi connectivity index (χ3v) is 12.7. The van der Waals surface area contributed by atoms with Crippen molar-refractivity contribution in [1.29, 1.82) is 0 Å². The normalized spacial score (nSPS) is 26.3. The molecule has 9 heteroatoms. The number of nitrogens with two attached hydrogens (primary N) is 1. The van der Waals surface area contributed by atoms with Gasteiger partial charge in [-0.15, -0.1) is 0 Å². The van der Waals surface area contributed by atoms with Gasteiger partial charge >= 0.3 is 0 Å². The maximum atomic E-state index is 10.3. The summed E-state index contributed by atoms with van der Waals surface area (Å²) in [6, 6.07) is -0.528. The van der Waals surface area contributed by atoms with Gasteiger partial charge in [0.2, 0.25) is 0 Å². The lowest BCUT2D eigenvalue weighted by Gasteiger charge is -2.41. The van der Waals surface area contributed by atoms with E-state index >= 15 is 0 Å². The zero-order chi connectivity index (χ0) is 29.5. The Bertz CT molecular complexity index is 656. The fourth-order valence-corrected chi connectivity index (χ4v) is 5.74. The van der Waals surface area contributed by atoms with Crippen LogP contribution in [0.3, 0.4) is 0 Å². The van der Waals surface area contributed by atoms with Crippen molar-refractivity contribution in [2.24, 2.45) is 5.73 Å². The van der Waals surface area contributed by atoms with Crippen molar-refractivity contribution < 1.29 is 34.3 Å². The van der Waals surface area contributed by atoms with E-state index in [9.17, 15) is 20.4 Å². The number of hydrogen-bond acceptors (Lipinski definition) is 8. The van der Waals surface area contributed by atoms with Crippen LogP contribution >= 0.6 is 0 Å². The van der Waals surface area contributed by atoms with Crippen LogP contribution < -0.4 is 5.73 Å². The molecule has 3 unspecified atom stereocenters. The number of unbranched alkanes of at least 4 members (excludes halogenated alkanes) is 11. The van der Waals surface area contributed by atoms with Crippen LogP contribution in [0.5, 0.6) is 0 Å². The molecule has 39 heavy (non-hydrogen) atoms. The van der Waals surface area contributed by atoms with Gasteiger partial charge in [0.25, 0.3) is 0 Å². The lowest BCUT2D eigenvalue weighted by Crippen LogP contribution is -2.60. The second-order valence-electron chi connectivity index (χ2n) is 12.8. The molecular weight excluding hydrogens is 514 g/mol. The van der Waals surface area contributed by atoms with Gasteiger partial charge in [-0.2, -0.15) is 0 Å². The molecule has 0 aromatic heterocycles. The summed E-state index contributed by atoms with van der Waals surface area (Å²) < 4.78 is 17.8. The van der Waals surface area contributed by atoms with E-state index in [1.54, 1.807) is 0 Å².